The van der Waals surface area contributed by atoms with Crippen LogP contribution in [0.1, 0.15) is 33.6 Å². The van der Waals surface area contributed by atoms with E-state index in [1.165, 1.54) is 0 Å². The van der Waals surface area contributed by atoms with Crippen LogP contribution in [0.15, 0.2) is 0 Å². The minimum Gasteiger partial charge on any atom is -0.444 e. The normalized spacial score (nSPS) is 23.0. The van der Waals surface area contributed by atoms with Crippen molar-refractivity contribution in [2.24, 2.45) is 5.41 Å². The lowest BCUT2D eigenvalue weighted by Gasteiger charge is -2.53. The molecule has 2 heterocycles. The number of alkyl halides is 2. The fraction of sp³-hybridized carbons (Fsp3) is 0.929. The molecule has 0 aliphatic carbocycles. The molecule has 2 saturated heterocycles. The fourth-order valence-corrected chi connectivity index (χ4v) is 3.03. The third kappa shape index (κ3) is 3.81. The quantitative estimate of drug-likeness (QED) is 0.783. The molecule has 0 atom stereocenters. The van der Waals surface area contributed by atoms with E-state index in [9.17, 15) is 13.6 Å². The Morgan fingerprint density at radius 2 is 1.80 bits per heavy atom. The number of piperidine rings is 1. The second-order valence-corrected chi connectivity index (χ2v) is 7.03. The van der Waals surface area contributed by atoms with Crippen LogP contribution < -0.4 is 0 Å². The number of likely N-dealkylation sites (tertiary alicyclic amines) is 2. The van der Waals surface area contributed by atoms with Gasteiger partial charge in [0.15, 0.2) is 0 Å². The molecular weight excluding hydrogens is 266 g/mol. The predicted octanol–water partition coefficient (Wildman–Crippen LogP) is 2.58. The van der Waals surface area contributed by atoms with Crippen molar-refractivity contribution in [3.63, 3.8) is 0 Å². The summed E-state index contributed by atoms with van der Waals surface area (Å²) in [5.74, 6) is 0. The van der Waals surface area contributed by atoms with Crippen LogP contribution in [0.5, 0.6) is 0 Å². The molecule has 20 heavy (non-hydrogen) atoms. The maximum Gasteiger partial charge on any atom is 0.410 e. The summed E-state index contributed by atoms with van der Waals surface area (Å²) in [4.78, 5) is 15.5. The zero-order valence-electron chi connectivity index (χ0n) is 12.5. The highest BCUT2D eigenvalue weighted by molar-refractivity contribution is 5.68. The van der Waals surface area contributed by atoms with Crippen molar-refractivity contribution in [1.82, 2.24) is 9.80 Å². The molecule has 0 aromatic rings. The Morgan fingerprint density at radius 3 is 2.25 bits per heavy atom. The van der Waals surface area contributed by atoms with E-state index in [0.717, 1.165) is 25.9 Å². The van der Waals surface area contributed by atoms with Gasteiger partial charge in [-0.25, -0.2) is 13.6 Å². The Balaban J connectivity index is 1.75. The van der Waals surface area contributed by atoms with Gasteiger partial charge in [0, 0.05) is 26.2 Å². The highest BCUT2D eigenvalue weighted by Gasteiger charge is 2.46. The maximum atomic E-state index is 12.3. The number of carbonyl (C=O) groups excluding carboxylic acids is 1. The van der Waals surface area contributed by atoms with Gasteiger partial charge in [0.1, 0.15) is 5.60 Å². The van der Waals surface area contributed by atoms with E-state index >= 15 is 0 Å². The highest BCUT2D eigenvalue weighted by atomic mass is 19.3. The van der Waals surface area contributed by atoms with E-state index in [4.69, 9.17) is 4.74 Å². The number of halogens is 2. The van der Waals surface area contributed by atoms with Gasteiger partial charge < -0.3 is 9.64 Å². The molecule has 0 radical (unpaired) electrons. The molecule has 0 aromatic heterocycles. The van der Waals surface area contributed by atoms with Crippen molar-refractivity contribution < 1.29 is 18.3 Å². The van der Waals surface area contributed by atoms with Crippen LogP contribution in [-0.2, 0) is 4.74 Å². The molecule has 0 aromatic carbocycles. The molecule has 0 unspecified atom stereocenters. The first-order valence-corrected chi connectivity index (χ1v) is 7.18. The summed E-state index contributed by atoms with van der Waals surface area (Å²) in [6, 6.07) is 0. The molecule has 2 fully saturated rings. The molecular formula is C14H24F2N2O2. The Labute approximate surface area is 119 Å². The fourth-order valence-electron chi connectivity index (χ4n) is 3.03. The van der Waals surface area contributed by atoms with Crippen molar-refractivity contribution in [2.45, 2.75) is 45.6 Å². The topological polar surface area (TPSA) is 32.8 Å². The smallest absolute Gasteiger partial charge is 0.410 e. The van der Waals surface area contributed by atoms with Crippen LogP contribution in [-0.4, -0.2) is 60.6 Å². The van der Waals surface area contributed by atoms with E-state index in [1.54, 1.807) is 9.80 Å². The van der Waals surface area contributed by atoms with Gasteiger partial charge in [-0.2, -0.15) is 0 Å². The van der Waals surface area contributed by atoms with Gasteiger partial charge in [-0.05, 0) is 39.0 Å². The van der Waals surface area contributed by atoms with E-state index in [1.807, 2.05) is 20.8 Å². The zero-order chi connectivity index (χ0) is 15.0. The summed E-state index contributed by atoms with van der Waals surface area (Å²) in [5.41, 5.74) is -0.329. The first-order valence-electron chi connectivity index (χ1n) is 7.18. The average molecular weight is 290 g/mol. The van der Waals surface area contributed by atoms with Crippen LogP contribution >= 0.6 is 0 Å². The number of carbonyl (C=O) groups is 1. The lowest BCUT2D eigenvalue weighted by molar-refractivity contribution is -0.0700. The van der Waals surface area contributed by atoms with Gasteiger partial charge >= 0.3 is 6.09 Å². The summed E-state index contributed by atoms with van der Waals surface area (Å²) < 4.78 is 29.9. The van der Waals surface area contributed by atoms with Gasteiger partial charge in [0.25, 0.3) is 6.43 Å². The minimum atomic E-state index is -2.26. The predicted molar refractivity (Wildman–Crippen MR) is 71.9 cm³/mol. The minimum absolute atomic E-state index is 0.127. The van der Waals surface area contributed by atoms with Gasteiger partial charge in [-0.1, -0.05) is 0 Å². The first kappa shape index (κ1) is 15.5. The maximum absolute atomic E-state index is 12.3. The molecule has 0 saturated carbocycles. The van der Waals surface area contributed by atoms with Crippen LogP contribution in [0.25, 0.3) is 0 Å². The van der Waals surface area contributed by atoms with Crippen molar-refractivity contribution in [2.75, 3.05) is 32.7 Å². The van der Waals surface area contributed by atoms with E-state index in [0.29, 0.717) is 13.1 Å². The molecule has 1 spiro atoms. The summed E-state index contributed by atoms with van der Waals surface area (Å²) in [7, 11) is 0. The van der Waals surface area contributed by atoms with Gasteiger partial charge in [0.05, 0.1) is 6.54 Å². The average Bonchev–Trinajstić information content (AvgIpc) is 2.24. The van der Waals surface area contributed by atoms with Crippen LogP contribution in [0.2, 0.25) is 0 Å². The largest absolute Gasteiger partial charge is 0.444 e. The van der Waals surface area contributed by atoms with Gasteiger partial charge in [-0.15, -0.1) is 0 Å². The summed E-state index contributed by atoms with van der Waals surface area (Å²) in [6.45, 7) is 8.23. The molecule has 6 heteroatoms. The second-order valence-electron chi connectivity index (χ2n) is 7.03. The van der Waals surface area contributed by atoms with E-state index in [-0.39, 0.29) is 18.1 Å². The Kier molecular flexibility index (Phi) is 4.23. The van der Waals surface area contributed by atoms with Crippen molar-refractivity contribution in [3.05, 3.63) is 0 Å². The monoisotopic (exact) mass is 290 g/mol. The second kappa shape index (κ2) is 5.47. The van der Waals surface area contributed by atoms with E-state index in [2.05, 4.69) is 0 Å². The highest BCUT2D eigenvalue weighted by Crippen LogP contribution is 2.40. The molecule has 2 aliphatic rings. The Morgan fingerprint density at radius 1 is 1.25 bits per heavy atom. The van der Waals surface area contributed by atoms with Gasteiger partial charge in [0.2, 0.25) is 0 Å². The van der Waals surface area contributed by atoms with Gasteiger partial charge in [-0.3, -0.25) is 4.90 Å². The number of ether oxygens (including phenoxy) is 1. The third-order valence-electron chi connectivity index (χ3n) is 3.99. The Hall–Kier alpha value is -0.910. The van der Waals surface area contributed by atoms with Crippen LogP contribution in [0.4, 0.5) is 13.6 Å². The van der Waals surface area contributed by atoms with Crippen molar-refractivity contribution >= 4 is 6.09 Å². The molecule has 2 rings (SSSR count). The zero-order valence-corrected chi connectivity index (χ0v) is 12.5. The molecule has 1 amide bonds. The summed E-state index contributed by atoms with van der Waals surface area (Å²) in [6.07, 6.45) is -0.761. The summed E-state index contributed by atoms with van der Waals surface area (Å²) >= 11 is 0. The summed E-state index contributed by atoms with van der Waals surface area (Å²) in [5, 5.41) is 0. The van der Waals surface area contributed by atoms with Crippen molar-refractivity contribution in [3.8, 4) is 0 Å². The molecule has 4 nitrogen and oxygen atoms in total. The first-order chi connectivity index (χ1) is 9.19. The molecule has 2 aliphatic heterocycles. The third-order valence-corrected chi connectivity index (χ3v) is 3.99. The number of hydrogen-bond acceptors (Lipinski definition) is 3. The van der Waals surface area contributed by atoms with Crippen molar-refractivity contribution in [1.29, 1.82) is 0 Å². The van der Waals surface area contributed by atoms with E-state index < -0.39 is 12.0 Å². The lowest BCUT2D eigenvalue weighted by Crippen LogP contribution is -2.61. The Bertz CT molecular complexity index is 353. The standard InChI is InChI=1S/C14H24F2N2O2/c1-13(2,3)20-12(19)18-6-4-14(5-7-18)9-17(10-14)8-11(15)16/h11H,4-10H2,1-3H3. The van der Waals surface area contributed by atoms with Crippen LogP contribution in [0.3, 0.4) is 0 Å². The number of nitrogens with zero attached hydrogens (tertiary/aromatic N) is 2. The van der Waals surface area contributed by atoms with Crippen LogP contribution in [0, 0.1) is 5.41 Å². The molecule has 0 N–H and O–H groups in total. The lowest BCUT2D eigenvalue weighted by atomic mass is 9.72. The number of hydrogen-bond donors (Lipinski definition) is 0. The number of rotatable bonds is 2. The molecule has 0 bridgehead atoms. The number of amides is 1. The molecule has 116 valence electrons. The SMILES string of the molecule is CC(C)(C)OC(=O)N1CCC2(CC1)CN(CC(F)F)C2.